The van der Waals surface area contributed by atoms with Gasteiger partial charge in [0, 0.05) is 11.1 Å². The quantitative estimate of drug-likeness (QED) is 0.441. The minimum absolute atomic E-state index is 0.349. The molecule has 1 amide bonds. The molecule has 6 heteroatoms. The zero-order chi connectivity index (χ0) is 20.6. The molecule has 0 aliphatic heterocycles. The van der Waals surface area contributed by atoms with Crippen LogP contribution in [0.2, 0.25) is 0 Å². The topological polar surface area (TPSA) is 79.4 Å². The first-order valence-electron chi connectivity index (χ1n) is 9.76. The number of hydrogen-bond donors (Lipinski definition) is 2. The predicted octanol–water partition coefficient (Wildman–Crippen LogP) is 4.44. The Bertz CT molecular complexity index is 975. The summed E-state index contributed by atoms with van der Waals surface area (Å²) in [4.78, 5) is 12.3. The van der Waals surface area contributed by atoms with Gasteiger partial charge in [0.1, 0.15) is 11.4 Å². The molecule has 29 heavy (non-hydrogen) atoms. The summed E-state index contributed by atoms with van der Waals surface area (Å²) in [6.07, 6.45) is 2.60. The van der Waals surface area contributed by atoms with Crippen LogP contribution in [0.15, 0.2) is 59.7 Å². The summed E-state index contributed by atoms with van der Waals surface area (Å²) >= 11 is 0. The van der Waals surface area contributed by atoms with Gasteiger partial charge in [-0.05, 0) is 43.0 Å². The van der Waals surface area contributed by atoms with Crippen molar-refractivity contribution < 1.29 is 9.53 Å². The number of H-pyrrole nitrogens is 1. The molecule has 0 saturated heterocycles. The standard InChI is InChI=1S/C23H26N4O2/c1-4-29-22-8-6-5-7-19(22)15-24-27-23(28)21-14-20(25-26-21)18-11-9-17(10-12-18)13-16(2)3/h5-12,14-16H,4,13H2,1-3H3,(H,25,26)(H,27,28)/b24-15-. The molecule has 0 atom stereocenters. The number of carbonyl (C=O) groups is 1. The Hall–Kier alpha value is -3.41. The van der Waals surface area contributed by atoms with Gasteiger partial charge in [-0.3, -0.25) is 9.89 Å². The zero-order valence-corrected chi connectivity index (χ0v) is 17.0. The number of nitrogens with zero attached hydrogens (tertiary/aromatic N) is 2. The number of carbonyl (C=O) groups excluding carboxylic acids is 1. The molecule has 150 valence electrons. The highest BCUT2D eigenvalue weighted by Gasteiger charge is 2.11. The molecule has 0 saturated carbocycles. The van der Waals surface area contributed by atoms with Crippen LogP contribution in [-0.4, -0.2) is 28.9 Å². The molecule has 1 heterocycles. The lowest BCUT2D eigenvalue weighted by Crippen LogP contribution is -2.18. The van der Waals surface area contributed by atoms with Crippen molar-refractivity contribution >= 4 is 12.1 Å². The van der Waals surface area contributed by atoms with Crippen LogP contribution in [0.5, 0.6) is 5.75 Å². The maximum Gasteiger partial charge on any atom is 0.289 e. The van der Waals surface area contributed by atoms with Crippen molar-refractivity contribution in [2.24, 2.45) is 11.0 Å². The highest BCUT2D eigenvalue weighted by molar-refractivity contribution is 5.94. The van der Waals surface area contributed by atoms with Gasteiger partial charge < -0.3 is 4.74 Å². The summed E-state index contributed by atoms with van der Waals surface area (Å²) in [5.74, 6) is 0.977. The van der Waals surface area contributed by atoms with Gasteiger partial charge in [0.15, 0.2) is 0 Å². The molecule has 0 radical (unpaired) electrons. The van der Waals surface area contributed by atoms with E-state index in [2.05, 4.69) is 46.7 Å². The van der Waals surface area contributed by atoms with Gasteiger partial charge in [-0.25, -0.2) is 5.43 Å². The fourth-order valence-corrected chi connectivity index (χ4v) is 2.96. The van der Waals surface area contributed by atoms with Gasteiger partial charge in [-0.1, -0.05) is 50.2 Å². The minimum Gasteiger partial charge on any atom is -0.493 e. The maximum atomic E-state index is 12.3. The van der Waals surface area contributed by atoms with Gasteiger partial charge in [-0.2, -0.15) is 10.2 Å². The van der Waals surface area contributed by atoms with Gasteiger partial charge in [-0.15, -0.1) is 0 Å². The summed E-state index contributed by atoms with van der Waals surface area (Å²) < 4.78 is 5.54. The Balaban J connectivity index is 1.64. The number of amides is 1. The third-order valence-corrected chi connectivity index (χ3v) is 4.30. The predicted molar refractivity (Wildman–Crippen MR) is 115 cm³/mol. The molecule has 3 aromatic rings. The molecule has 0 fully saturated rings. The number of para-hydroxylation sites is 1. The van der Waals surface area contributed by atoms with Crippen molar-refractivity contribution in [1.29, 1.82) is 0 Å². The monoisotopic (exact) mass is 390 g/mol. The van der Waals surface area contributed by atoms with Crippen LogP contribution in [0.3, 0.4) is 0 Å². The molecule has 0 unspecified atom stereocenters. The number of nitrogens with one attached hydrogen (secondary N) is 2. The van der Waals surface area contributed by atoms with Crippen LogP contribution in [0.25, 0.3) is 11.3 Å². The molecule has 3 rings (SSSR count). The first-order valence-corrected chi connectivity index (χ1v) is 9.76. The number of aromatic nitrogens is 2. The Morgan fingerprint density at radius 2 is 1.97 bits per heavy atom. The average molecular weight is 390 g/mol. The fourth-order valence-electron chi connectivity index (χ4n) is 2.96. The lowest BCUT2D eigenvalue weighted by Gasteiger charge is -2.05. The average Bonchev–Trinajstić information content (AvgIpc) is 3.20. The van der Waals surface area contributed by atoms with Crippen LogP contribution >= 0.6 is 0 Å². The van der Waals surface area contributed by atoms with Crippen LogP contribution in [0.4, 0.5) is 0 Å². The zero-order valence-electron chi connectivity index (χ0n) is 17.0. The van der Waals surface area contributed by atoms with Crippen LogP contribution in [0.1, 0.15) is 42.4 Å². The Labute approximate surface area is 171 Å². The summed E-state index contributed by atoms with van der Waals surface area (Å²) in [6, 6.07) is 17.5. The third kappa shape index (κ3) is 5.54. The van der Waals surface area contributed by atoms with Gasteiger partial charge in [0.2, 0.25) is 0 Å². The molecule has 0 spiro atoms. The second-order valence-electron chi connectivity index (χ2n) is 7.13. The number of aromatic amines is 1. The minimum atomic E-state index is -0.356. The second kappa shape index (κ2) is 9.68. The lowest BCUT2D eigenvalue weighted by molar-refractivity contribution is 0.0950. The van der Waals surface area contributed by atoms with Crippen molar-refractivity contribution in [1.82, 2.24) is 15.6 Å². The van der Waals surface area contributed by atoms with Crippen LogP contribution in [0, 0.1) is 5.92 Å². The second-order valence-corrected chi connectivity index (χ2v) is 7.13. The Morgan fingerprint density at radius 1 is 1.21 bits per heavy atom. The first-order chi connectivity index (χ1) is 14.1. The van der Waals surface area contributed by atoms with Crippen molar-refractivity contribution in [2.75, 3.05) is 6.61 Å². The van der Waals surface area contributed by atoms with E-state index >= 15 is 0 Å². The van der Waals surface area contributed by atoms with Crippen molar-refractivity contribution in [3.05, 3.63) is 71.4 Å². The number of hydrogen-bond acceptors (Lipinski definition) is 4. The smallest absolute Gasteiger partial charge is 0.289 e. The molecule has 0 aliphatic carbocycles. The van der Waals surface area contributed by atoms with Gasteiger partial charge >= 0.3 is 0 Å². The SMILES string of the molecule is CCOc1ccccc1/C=N\NC(=O)c1cc(-c2ccc(CC(C)C)cc2)n[nH]1. The fraction of sp³-hybridized carbons (Fsp3) is 0.261. The van der Waals surface area contributed by atoms with E-state index < -0.39 is 0 Å². The summed E-state index contributed by atoms with van der Waals surface area (Å²) in [5.41, 5.74) is 6.63. The van der Waals surface area contributed by atoms with Crippen molar-refractivity contribution in [3.63, 3.8) is 0 Å². The van der Waals surface area contributed by atoms with E-state index in [-0.39, 0.29) is 5.91 Å². The van der Waals surface area contributed by atoms with Gasteiger partial charge in [0.05, 0.1) is 18.5 Å². The highest BCUT2D eigenvalue weighted by atomic mass is 16.5. The molecule has 2 aromatic carbocycles. The normalized spacial score (nSPS) is 11.2. The van der Waals surface area contributed by atoms with Crippen LogP contribution in [-0.2, 0) is 6.42 Å². The van der Waals surface area contributed by atoms with E-state index in [1.165, 1.54) is 5.56 Å². The van der Waals surface area contributed by atoms with E-state index in [1.807, 2.05) is 43.3 Å². The largest absolute Gasteiger partial charge is 0.493 e. The molecule has 1 aromatic heterocycles. The number of ether oxygens (including phenoxy) is 1. The number of rotatable bonds is 8. The molecule has 0 bridgehead atoms. The Morgan fingerprint density at radius 3 is 2.69 bits per heavy atom. The molecular weight excluding hydrogens is 364 g/mol. The Kier molecular flexibility index (Phi) is 6.79. The summed E-state index contributed by atoms with van der Waals surface area (Å²) in [5, 5.41) is 11.0. The summed E-state index contributed by atoms with van der Waals surface area (Å²) in [7, 11) is 0. The highest BCUT2D eigenvalue weighted by Crippen LogP contribution is 2.20. The van der Waals surface area contributed by atoms with Crippen LogP contribution < -0.4 is 10.2 Å². The van der Waals surface area contributed by atoms with Crippen molar-refractivity contribution in [3.8, 4) is 17.0 Å². The van der Waals surface area contributed by atoms with E-state index in [1.54, 1.807) is 12.3 Å². The first kappa shape index (κ1) is 20.3. The van der Waals surface area contributed by atoms with E-state index in [9.17, 15) is 4.79 Å². The van der Waals surface area contributed by atoms with Gasteiger partial charge in [0.25, 0.3) is 5.91 Å². The van der Waals surface area contributed by atoms with Crippen molar-refractivity contribution in [2.45, 2.75) is 27.2 Å². The molecular formula is C23H26N4O2. The van der Waals surface area contributed by atoms with E-state index in [0.29, 0.717) is 18.2 Å². The molecule has 2 N–H and O–H groups in total. The molecule has 6 nitrogen and oxygen atoms in total. The maximum absolute atomic E-state index is 12.3. The molecule has 0 aliphatic rings. The third-order valence-electron chi connectivity index (χ3n) is 4.30. The lowest BCUT2D eigenvalue weighted by atomic mass is 10.0. The number of hydrazone groups is 1. The number of benzene rings is 2. The summed E-state index contributed by atoms with van der Waals surface area (Å²) in [6.45, 7) is 6.88. The van der Waals surface area contributed by atoms with E-state index in [0.717, 1.165) is 29.0 Å². The van der Waals surface area contributed by atoms with E-state index in [4.69, 9.17) is 4.74 Å².